The number of hydrogen-bond acceptors (Lipinski definition) is 4. The largest absolute Gasteiger partial charge is 0.446 e. The number of aliphatic hydroxyl groups excluding tert-OH is 1. The summed E-state index contributed by atoms with van der Waals surface area (Å²) in [6.07, 6.45) is 5.47. The van der Waals surface area contributed by atoms with Gasteiger partial charge in [0, 0.05) is 32.0 Å². The predicted octanol–water partition coefficient (Wildman–Crippen LogP) is 5.62. The number of carbonyl (C=O) groups is 1. The highest BCUT2D eigenvalue weighted by Gasteiger charge is 2.30. The van der Waals surface area contributed by atoms with Crippen LogP contribution in [0.15, 0.2) is 79.1 Å². The third kappa shape index (κ3) is 6.62. The summed E-state index contributed by atoms with van der Waals surface area (Å²) in [4.78, 5) is 18.2. The molecule has 6 heteroatoms. The minimum atomic E-state index is -0.266. The quantitative estimate of drug-likeness (QED) is 0.545. The van der Waals surface area contributed by atoms with Crippen LogP contribution in [0, 0.1) is 5.82 Å². The molecule has 1 saturated heterocycles. The molecule has 3 aromatic rings. The number of amides is 1. The second-order valence-corrected chi connectivity index (χ2v) is 7.69. The van der Waals surface area contributed by atoms with Crippen molar-refractivity contribution in [1.82, 2.24) is 9.88 Å². The Morgan fingerprint density at radius 2 is 1.84 bits per heavy atom. The molecular weight excluding hydrogens is 407 g/mol. The number of benzene rings is 2. The zero-order valence-corrected chi connectivity index (χ0v) is 18.2. The van der Waals surface area contributed by atoms with E-state index in [0.717, 1.165) is 29.5 Å². The van der Waals surface area contributed by atoms with Crippen LogP contribution < -0.4 is 0 Å². The summed E-state index contributed by atoms with van der Waals surface area (Å²) >= 11 is 0. The van der Waals surface area contributed by atoms with Gasteiger partial charge in [0.2, 0.25) is 0 Å². The second kappa shape index (κ2) is 12.0. The molecule has 2 heterocycles. The van der Waals surface area contributed by atoms with E-state index in [-0.39, 0.29) is 30.7 Å². The number of rotatable bonds is 6. The fraction of sp³-hybridized carbons (Fsp3) is 0.308. The molecule has 1 N–H and O–H groups in total. The van der Waals surface area contributed by atoms with E-state index in [1.165, 1.54) is 12.1 Å². The van der Waals surface area contributed by atoms with Crippen molar-refractivity contribution in [1.29, 1.82) is 0 Å². The molecule has 32 heavy (non-hydrogen) atoms. The lowest BCUT2D eigenvalue weighted by atomic mass is 10.0. The maximum absolute atomic E-state index is 12.3. The molecule has 0 spiro atoms. The topological polar surface area (TPSA) is 62.7 Å². The van der Waals surface area contributed by atoms with Crippen molar-refractivity contribution in [2.24, 2.45) is 0 Å². The monoisotopic (exact) mass is 436 g/mol. The van der Waals surface area contributed by atoms with Crippen molar-refractivity contribution in [2.45, 2.75) is 38.3 Å². The standard InChI is InChI=1S/C20H24N2O3.C6H5F/c1-15(22-12-10-19(5-3-13-23)25-20(22)24)16-6-8-17(9-7-16)18-4-2-11-21-14-18;7-6-4-2-1-3-5-6/h2,4,6-9,11,14-15,19,23H,3,5,10,12-13H2,1H3;1-5H. The van der Waals surface area contributed by atoms with Gasteiger partial charge in [-0.25, -0.2) is 9.18 Å². The third-order valence-corrected chi connectivity index (χ3v) is 5.47. The minimum absolute atomic E-state index is 0.0331. The summed E-state index contributed by atoms with van der Waals surface area (Å²) in [5.41, 5.74) is 3.26. The van der Waals surface area contributed by atoms with E-state index in [2.05, 4.69) is 29.2 Å². The second-order valence-electron chi connectivity index (χ2n) is 7.69. The summed E-state index contributed by atoms with van der Waals surface area (Å²) in [6.45, 7) is 2.84. The Labute approximate surface area is 188 Å². The fourth-order valence-electron chi connectivity index (χ4n) is 3.60. The van der Waals surface area contributed by atoms with Gasteiger partial charge in [-0.2, -0.15) is 0 Å². The van der Waals surface area contributed by atoms with E-state index in [0.29, 0.717) is 13.0 Å². The highest BCUT2D eigenvalue weighted by atomic mass is 19.1. The van der Waals surface area contributed by atoms with E-state index in [1.807, 2.05) is 25.3 Å². The Balaban J connectivity index is 0.000000352. The van der Waals surface area contributed by atoms with Crippen molar-refractivity contribution in [3.63, 3.8) is 0 Å². The van der Waals surface area contributed by atoms with Crippen LogP contribution in [0.4, 0.5) is 9.18 Å². The summed E-state index contributed by atoms with van der Waals surface area (Å²) < 4.78 is 17.4. The minimum Gasteiger partial charge on any atom is -0.446 e. The first-order valence-corrected chi connectivity index (χ1v) is 10.9. The number of carbonyl (C=O) groups excluding carboxylic acids is 1. The fourth-order valence-corrected chi connectivity index (χ4v) is 3.60. The van der Waals surface area contributed by atoms with Gasteiger partial charge < -0.3 is 14.7 Å². The van der Waals surface area contributed by atoms with E-state index >= 15 is 0 Å². The number of aromatic nitrogens is 1. The van der Waals surface area contributed by atoms with Gasteiger partial charge in [0.1, 0.15) is 11.9 Å². The maximum Gasteiger partial charge on any atom is 0.410 e. The lowest BCUT2D eigenvalue weighted by molar-refractivity contribution is 0.00760. The van der Waals surface area contributed by atoms with Crippen LogP contribution in [0.2, 0.25) is 0 Å². The van der Waals surface area contributed by atoms with Crippen molar-refractivity contribution in [3.8, 4) is 11.1 Å². The Morgan fingerprint density at radius 3 is 2.41 bits per heavy atom. The van der Waals surface area contributed by atoms with Crippen molar-refractivity contribution in [2.75, 3.05) is 13.2 Å². The molecule has 2 unspecified atom stereocenters. The highest BCUT2D eigenvalue weighted by Crippen LogP contribution is 2.28. The molecule has 1 aliphatic rings. The van der Waals surface area contributed by atoms with E-state index in [1.54, 1.807) is 29.3 Å². The molecule has 0 radical (unpaired) electrons. The maximum atomic E-state index is 12.3. The Morgan fingerprint density at radius 1 is 1.09 bits per heavy atom. The van der Waals surface area contributed by atoms with E-state index in [9.17, 15) is 9.18 Å². The molecule has 4 rings (SSSR count). The molecule has 0 bridgehead atoms. The summed E-state index contributed by atoms with van der Waals surface area (Å²) in [6, 6.07) is 20.1. The first kappa shape index (κ1) is 23.4. The third-order valence-electron chi connectivity index (χ3n) is 5.47. The van der Waals surface area contributed by atoms with Crippen LogP contribution in [0.3, 0.4) is 0 Å². The smallest absolute Gasteiger partial charge is 0.410 e. The molecule has 0 aliphatic carbocycles. The van der Waals surface area contributed by atoms with Gasteiger partial charge >= 0.3 is 6.09 Å². The zero-order chi connectivity index (χ0) is 22.8. The van der Waals surface area contributed by atoms with Crippen LogP contribution in [0.5, 0.6) is 0 Å². The number of nitrogens with zero attached hydrogens (tertiary/aromatic N) is 2. The number of ether oxygens (including phenoxy) is 1. The molecule has 1 aromatic heterocycles. The van der Waals surface area contributed by atoms with Crippen molar-refractivity contribution < 1.29 is 19.0 Å². The molecule has 2 aromatic carbocycles. The van der Waals surface area contributed by atoms with Crippen LogP contribution >= 0.6 is 0 Å². The first-order valence-electron chi connectivity index (χ1n) is 10.9. The molecule has 1 aliphatic heterocycles. The number of pyridine rings is 1. The number of halogens is 1. The molecule has 1 fully saturated rings. The molecule has 2 atom stereocenters. The van der Waals surface area contributed by atoms with Gasteiger partial charge in [0.25, 0.3) is 0 Å². The van der Waals surface area contributed by atoms with Crippen LogP contribution in [-0.4, -0.2) is 40.3 Å². The van der Waals surface area contributed by atoms with Crippen LogP contribution in [-0.2, 0) is 4.74 Å². The van der Waals surface area contributed by atoms with Gasteiger partial charge in [-0.15, -0.1) is 0 Å². The highest BCUT2D eigenvalue weighted by molar-refractivity contribution is 5.69. The van der Waals surface area contributed by atoms with Gasteiger partial charge in [0.05, 0.1) is 6.04 Å². The molecular formula is C26H29FN2O3. The van der Waals surface area contributed by atoms with E-state index < -0.39 is 0 Å². The van der Waals surface area contributed by atoms with Gasteiger partial charge in [-0.1, -0.05) is 48.5 Å². The molecule has 168 valence electrons. The van der Waals surface area contributed by atoms with Crippen molar-refractivity contribution in [3.05, 3.63) is 90.5 Å². The Hall–Kier alpha value is -3.25. The molecule has 1 amide bonds. The number of hydrogen-bond donors (Lipinski definition) is 1. The SMILES string of the molecule is CC(c1ccc(-c2cccnc2)cc1)N1CCC(CCCO)OC1=O.Fc1ccccc1. The van der Waals surface area contributed by atoms with Crippen LogP contribution in [0.1, 0.15) is 37.8 Å². The van der Waals surface area contributed by atoms with Gasteiger partial charge in [-0.3, -0.25) is 4.98 Å². The van der Waals surface area contributed by atoms with E-state index in [4.69, 9.17) is 9.84 Å². The normalized spacial score (nSPS) is 16.5. The van der Waals surface area contributed by atoms with Crippen LogP contribution in [0.25, 0.3) is 11.1 Å². The van der Waals surface area contributed by atoms with Gasteiger partial charge in [0.15, 0.2) is 0 Å². The lowest BCUT2D eigenvalue weighted by Crippen LogP contribution is -2.43. The summed E-state index contributed by atoms with van der Waals surface area (Å²) in [7, 11) is 0. The van der Waals surface area contributed by atoms with Gasteiger partial charge in [-0.05, 0) is 54.7 Å². The number of aliphatic hydroxyl groups is 1. The molecule has 5 nitrogen and oxygen atoms in total. The molecule has 0 saturated carbocycles. The predicted molar refractivity (Wildman–Crippen MR) is 122 cm³/mol. The van der Waals surface area contributed by atoms with Crippen molar-refractivity contribution >= 4 is 6.09 Å². The average Bonchev–Trinajstić information content (AvgIpc) is 2.84. The zero-order valence-electron chi connectivity index (χ0n) is 18.2. The number of cyclic esters (lactones) is 1. The Bertz CT molecular complexity index is 952. The average molecular weight is 437 g/mol. The summed E-state index contributed by atoms with van der Waals surface area (Å²) in [5.74, 6) is -0.178. The first-order chi connectivity index (χ1) is 15.6. The Kier molecular flexibility index (Phi) is 8.75. The lowest BCUT2D eigenvalue weighted by Gasteiger charge is -2.35. The summed E-state index contributed by atoms with van der Waals surface area (Å²) in [5, 5.41) is 8.90.